The van der Waals surface area contributed by atoms with Crippen LogP contribution in [0.25, 0.3) is 0 Å². The van der Waals surface area contributed by atoms with E-state index in [4.69, 9.17) is 9.47 Å². The molecule has 0 aliphatic rings. The fourth-order valence-corrected chi connectivity index (χ4v) is 2.49. The van der Waals surface area contributed by atoms with Gasteiger partial charge in [0.25, 0.3) is 11.8 Å². The van der Waals surface area contributed by atoms with Gasteiger partial charge in [0.05, 0.1) is 19.2 Å². The van der Waals surface area contributed by atoms with E-state index in [9.17, 15) is 19.2 Å². The number of carbonyl (C=O) groups is 4. The number of ether oxygens (including phenoxy) is 2. The minimum absolute atomic E-state index is 0.126. The molecule has 2 rings (SSSR count). The van der Waals surface area contributed by atoms with Crippen molar-refractivity contribution in [3.63, 3.8) is 0 Å². The van der Waals surface area contributed by atoms with Crippen LogP contribution in [-0.4, -0.2) is 37.4 Å². The van der Waals surface area contributed by atoms with Crippen molar-refractivity contribution in [1.29, 1.82) is 0 Å². The number of hydrogen-bond acceptors (Lipinski definition) is 6. The van der Waals surface area contributed by atoms with Crippen LogP contribution in [0.3, 0.4) is 0 Å². The van der Waals surface area contributed by atoms with E-state index in [-0.39, 0.29) is 12.8 Å². The lowest BCUT2D eigenvalue weighted by molar-refractivity contribution is -0.149. The fraction of sp³-hybridized carbons (Fsp3) is 0.200. The Labute approximate surface area is 181 Å². The van der Waals surface area contributed by atoms with E-state index < -0.39 is 30.3 Å². The lowest BCUT2D eigenvalue weighted by Crippen LogP contribution is -2.43. The van der Waals surface area contributed by atoms with Gasteiger partial charge in [0, 0.05) is 16.5 Å². The van der Waals surface area contributed by atoms with E-state index in [2.05, 4.69) is 32.1 Å². The normalized spacial score (nSPS) is 9.93. The van der Waals surface area contributed by atoms with Crippen LogP contribution in [0.4, 0.5) is 5.69 Å². The number of halogens is 1. The summed E-state index contributed by atoms with van der Waals surface area (Å²) in [5.41, 5.74) is 5.18. The van der Waals surface area contributed by atoms with Crippen molar-refractivity contribution < 1.29 is 28.7 Å². The number of esters is 1. The van der Waals surface area contributed by atoms with Crippen molar-refractivity contribution >= 4 is 45.3 Å². The van der Waals surface area contributed by atoms with Crippen LogP contribution in [-0.2, 0) is 19.1 Å². The van der Waals surface area contributed by atoms with E-state index in [1.54, 1.807) is 48.5 Å². The summed E-state index contributed by atoms with van der Waals surface area (Å²) < 4.78 is 10.7. The van der Waals surface area contributed by atoms with Crippen molar-refractivity contribution in [3.05, 3.63) is 58.6 Å². The molecule has 0 atom stereocenters. The lowest BCUT2D eigenvalue weighted by atomic mass is 10.2. The number of nitrogens with one attached hydrogen (secondary N) is 3. The summed E-state index contributed by atoms with van der Waals surface area (Å²) in [5.74, 6) is -1.86. The molecule has 0 aromatic heterocycles. The highest BCUT2D eigenvalue weighted by atomic mass is 79.9. The Kier molecular flexibility index (Phi) is 8.82. The average molecular weight is 478 g/mol. The Bertz CT molecular complexity index is 917. The Morgan fingerprint density at radius 3 is 2.30 bits per heavy atom. The predicted octanol–water partition coefficient (Wildman–Crippen LogP) is 2.18. The molecular weight excluding hydrogens is 458 g/mol. The molecule has 0 aliphatic carbocycles. The molecule has 0 saturated heterocycles. The van der Waals surface area contributed by atoms with Crippen LogP contribution in [0, 0.1) is 0 Å². The van der Waals surface area contributed by atoms with Crippen LogP contribution in [0.2, 0.25) is 0 Å². The molecule has 3 N–H and O–H groups in total. The molecule has 30 heavy (non-hydrogen) atoms. The number of rotatable bonds is 8. The molecule has 9 nitrogen and oxygen atoms in total. The van der Waals surface area contributed by atoms with Gasteiger partial charge in [-0.2, -0.15) is 0 Å². The number of hydrazine groups is 1. The van der Waals surface area contributed by atoms with Crippen molar-refractivity contribution in [2.75, 3.05) is 19.0 Å². The monoisotopic (exact) mass is 477 g/mol. The second kappa shape index (κ2) is 11.6. The molecule has 3 amide bonds. The van der Waals surface area contributed by atoms with Gasteiger partial charge in [0.1, 0.15) is 5.75 Å². The molecule has 2 aromatic carbocycles. The maximum absolute atomic E-state index is 12.0. The number of anilines is 1. The predicted molar refractivity (Wildman–Crippen MR) is 112 cm³/mol. The smallest absolute Gasteiger partial charge is 0.306 e. The number of para-hydroxylation sites is 2. The Morgan fingerprint density at radius 1 is 0.900 bits per heavy atom. The summed E-state index contributed by atoms with van der Waals surface area (Å²) in [5, 5.41) is 2.63. The molecule has 0 heterocycles. The first-order valence-corrected chi connectivity index (χ1v) is 9.61. The van der Waals surface area contributed by atoms with Gasteiger partial charge in [-0.1, -0.05) is 28.1 Å². The number of hydrogen-bond donors (Lipinski definition) is 3. The van der Waals surface area contributed by atoms with E-state index in [1.807, 2.05) is 0 Å². The molecule has 0 spiro atoms. The third kappa shape index (κ3) is 7.55. The molecule has 0 bridgehead atoms. The standard InChI is InChI=1S/C20H20BrN3O6/c1-29-16-5-3-2-4-15(16)22-17(25)10-11-19(27)30-12-18(26)23-24-20(28)13-6-8-14(21)9-7-13/h2-9H,10-12H2,1H3,(H,22,25)(H,23,26)(H,24,28). The lowest BCUT2D eigenvalue weighted by Gasteiger charge is -2.10. The quantitative estimate of drug-likeness (QED) is 0.395. The van der Waals surface area contributed by atoms with Crippen LogP contribution < -0.4 is 20.9 Å². The van der Waals surface area contributed by atoms with Crippen LogP contribution in [0.1, 0.15) is 23.2 Å². The Morgan fingerprint density at radius 2 is 1.60 bits per heavy atom. The fourth-order valence-electron chi connectivity index (χ4n) is 2.23. The highest BCUT2D eigenvalue weighted by Crippen LogP contribution is 2.23. The van der Waals surface area contributed by atoms with Gasteiger partial charge in [-0.3, -0.25) is 30.0 Å². The Hall–Kier alpha value is -3.40. The van der Waals surface area contributed by atoms with Crippen LogP contribution in [0.15, 0.2) is 53.0 Å². The summed E-state index contributed by atoms with van der Waals surface area (Å²) in [6.07, 6.45) is -0.335. The molecule has 0 unspecified atom stereocenters. The zero-order valence-electron chi connectivity index (χ0n) is 16.1. The molecule has 0 radical (unpaired) electrons. The number of carbonyl (C=O) groups excluding carboxylic acids is 4. The van der Waals surface area contributed by atoms with E-state index >= 15 is 0 Å². The van der Waals surface area contributed by atoms with Gasteiger partial charge in [0.15, 0.2) is 6.61 Å². The third-order valence-corrected chi connectivity index (χ3v) is 4.25. The third-order valence-electron chi connectivity index (χ3n) is 3.72. The zero-order chi connectivity index (χ0) is 21.9. The molecule has 0 saturated carbocycles. The second-order valence-corrected chi connectivity index (χ2v) is 6.83. The van der Waals surface area contributed by atoms with Gasteiger partial charge in [-0.15, -0.1) is 0 Å². The zero-order valence-corrected chi connectivity index (χ0v) is 17.7. The second-order valence-electron chi connectivity index (χ2n) is 5.92. The summed E-state index contributed by atoms with van der Waals surface area (Å²) >= 11 is 3.25. The summed E-state index contributed by atoms with van der Waals surface area (Å²) in [6.45, 7) is -0.590. The van der Waals surface area contributed by atoms with Crippen molar-refractivity contribution in [1.82, 2.24) is 10.9 Å². The average Bonchev–Trinajstić information content (AvgIpc) is 2.75. The van der Waals surface area contributed by atoms with Crippen molar-refractivity contribution in [2.45, 2.75) is 12.8 Å². The van der Waals surface area contributed by atoms with Crippen molar-refractivity contribution in [2.24, 2.45) is 0 Å². The van der Waals surface area contributed by atoms with Gasteiger partial charge in [-0.05, 0) is 36.4 Å². The van der Waals surface area contributed by atoms with Gasteiger partial charge in [-0.25, -0.2) is 0 Å². The SMILES string of the molecule is COc1ccccc1NC(=O)CCC(=O)OCC(=O)NNC(=O)c1ccc(Br)cc1. The largest absolute Gasteiger partial charge is 0.495 e. The number of benzene rings is 2. The van der Waals surface area contributed by atoms with Crippen LogP contribution in [0.5, 0.6) is 5.75 Å². The molecule has 10 heteroatoms. The van der Waals surface area contributed by atoms with Crippen molar-refractivity contribution in [3.8, 4) is 5.75 Å². The highest BCUT2D eigenvalue weighted by Gasteiger charge is 2.13. The summed E-state index contributed by atoms with van der Waals surface area (Å²) in [7, 11) is 1.48. The van der Waals surface area contributed by atoms with Crippen LogP contribution >= 0.6 is 15.9 Å². The summed E-state index contributed by atoms with van der Waals surface area (Å²) in [4.78, 5) is 47.2. The molecule has 2 aromatic rings. The van der Waals surface area contributed by atoms with Gasteiger partial charge in [0.2, 0.25) is 5.91 Å². The van der Waals surface area contributed by atoms with E-state index in [1.165, 1.54) is 7.11 Å². The highest BCUT2D eigenvalue weighted by molar-refractivity contribution is 9.10. The summed E-state index contributed by atoms with van der Waals surface area (Å²) in [6, 6.07) is 13.4. The minimum Gasteiger partial charge on any atom is -0.495 e. The first kappa shape index (κ1) is 22.9. The number of methoxy groups -OCH3 is 1. The van der Waals surface area contributed by atoms with Gasteiger partial charge >= 0.3 is 5.97 Å². The minimum atomic E-state index is -0.723. The maximum Gasteiger partial charge on any atom is 0.306 e. The molecule has 158 valence electrons. The van der Waals surface area contributed by atoms with E-state index in [0.717, 1.165) is 4.47 Å². The Balaban J connectivity index is 1.66. The molecule has 0 aliphatic heterocycles. The first-order valence-electron chi connectivity index (χ1n) is 8.82. The topological polar surface area (TPSA) is 123 Å². The first-order chi connectivity index (χ1) is 14.4. The molecule has 0 fully saturated rings. The van der Waals surface area contributed by atoms with E-state index in [0.29, 0.717) is 17.0 Å². The maximum atomic E-state index is 12.0. The van der Waals surface area contributed by atoms with Gasteiger partial charge < -0.3 is 14.8 Å². The number of amides is 3. The molecular formula is C20H20BrN3O6.